The second-order valence-electron chi connectivity index (χ2n) is 4.59. The minimum Gasteiger partial charge on any atom is -0.330 e. The first-order chi connectivity index (χ1) is 6.87. The van der Waals surface area contributed by atoms with Gasteiger partial charge in [0.1, 0.15) is 0 Å². The maximum atomic E-state index is 5.74. The molecule has 1 unspecified atom stereocenters. The highest BCUT2D eigenvalue weighted by Gasteiger charge is 2.41. The Morgan fingerprint density at radius 3 is 2.64 bits per heavy atom. The molecule has 2 aliphatic rings. The minimum absolute atomic E-state index is 0.688. The Morgan fingerprint density at radius 2 is 1.93 bits per heavy atom. The van der Waals surface area contributed by atoms with Gasteiger partial charge in [0, 0.05) is 0 Å². The molecule has 2 N–H and O–H groups in total. The third kappa shape index (κ3) is 2.25. The first-order valence-electron chi connectivity index (χ1n) is 5.73. The van der Waals surface area contributed by atoms with Crippen LogP contribution in [0.4, 0.5) is 0 Å². The summed E-state index contributed by atoms with van der Waals surface area (Å²) >= 11 is 4.32. The Kier molecular flexibility index (Phi) is 4.09. The smallest absolute Gasteiger partial charge is 0.000754 e. The lowest BCUT2D eigenvalue weighted by Gasteiger charge is -2.46. The van der Waals surface area contributed by atoms with E-state index in [1.807, 2.05) is 0 Å². The topological polar surface area (TPSA) is 26.0 Å². The molecular weight excluding hydrogens is 210 g/mol. The molecule has 0 saturated carbocycles. The van der Waals surface area contributed by atoms with Gasteiger partial charge in [0.25, 0.3) is 0 Å². The van der Waals surface area contributed by atoms with Gasteiger partial charge in [0.2, 0.25) is 0 Å². The van der Waals surface area contributed by atoms with Gasteiger partial charge in [-0.3, -0.25) is 0 Å². The summed E-state index contributed by atoms with van der Waals surface area (Å²) < 4.78 is 0. The fourth-order valence-corrected chi connectivity index (χ4v) is 5.74. The summed E-state index contributed by atoms with van der Waals surface area (Å²) in [6.45, 7) is 0.893. The maximum absolute atomic E-state index is 5.74. The van der Waals surface area contributed by atoms with Crippen LogP contribution in [0.5, 0.6) is 0 Å². The van der Waals surface area contributed by atoms with Crippen LogP contribution in [0.3, 0.4) is 0 Å². The van der Waals surface area contributed by atoms with Crippen molar-refractivity contribution < 1.29 is 0 Å². The van der Waals surface area contributed by atoms with Gasteiger partial charge in [-0.2, -0.15) is 23.5 Å². The zero-order valence-electron chi connectivity index (χ0n) is 8.84. The highest BCUT2D eigenvalue weighted by Crippen LogP contribution is 2.49. The lowest BCUT2D eigenvalue weighted by atomic mass is 9.69. The van der Waals surface area contributed by atoms with Gasteiger partial charge in [-0.05, 0) is 66.6 Å². The van der Waals surface area contributed by atoms with Gasteiger partial charge in [-0.15, -0.1) is 0 Å². The highest BCUT2D eigenvalue weighted by molar-refractivity contribution is 7.99. The van der Waals surface area contributed by atoms with Crippen LogP contribution in [0.2, 0.25) is 0 Å². The number of rotatable bonds is 2. The average Bonchev–Trinajstić information content (AvgIpc) is 2.23. The molecule has 0 aromatic rings. The van der Waals surface area contributed by atoms with Crippen molar-refractivity contribution in [2.75, 3.05) is 29.6 Å². The van der Waals surface area contributed by atoms with Gasteiger partial charge in [0.05, 0.1) is 0 Å². The Bertz CT molecular complexity index is 168. The molecule has 0 radical (unpaired) electrons. The molecule has 0 aromatic carbocycles. The van der Waals surface area contributed by atoms with Crippen molar-refractivity contribution in [2.45, 2.75) is 25.7 Å². The maximum Gasteiger partial charge on any atom is -0.000754 e. The lowest BCUT2D eigenvalue weighted by molar-refractivity contribution is 0.155. The van der Waals surface area contributed by atoms with E-state index in [0.717, 1.165) is 12.5 Å². The van der Waals surface area contributed by atoms with Crippen LogP contribution in [0, 0.1) is 11.3 Å². The van der Waals surface area contributed by atoms with Gasteiger partial charge in [-0.1, -0.05) is 0 Å². The second-order valence-corrected chi connectivity index (χ2v) is 6.92. The summed E-state index contributed by atoms with van der Waals surface area (Å²) in [5.74, 6) is 6.51. The van der Waals surface area contributed by atoms with E-state index in [9.17, 15) is 0 Å². The summed E-state index contributed by atoms with van der Waals surface area (Å²) in [6, 6.07) is 0. The van der Waals surface area contributed by atoms with Crippen LogP contribution in [0.15, 0.2) is 0 Å². The first-order valence-corrected chi connectivity index (χ1v) is 8.04. The third-order valence-electron chi connectivity index (χ3n) is 3.87. The quantitative estimate of drug-likeness (QED) is 0.791. The van der Waals surface area contributed by atoms with E-state index < -0.39 is 0 Å². The Labute approximate surface area is 96.0 Å². The number of thioether (sulfide) groups is 2. The molecule has 0 aromatic heterocycles. The average molecular weight is 231 g/mol. The van der Waals surface area contributed by atoms with Crippen molar-refractivity contribution in [1.82, 2.24) is 0 Å². The minimum atomic E-state index is 0.688. The summed E-state index contributed by atoms with van der Waals surface area (Å²) in [5, 5.41) is 0. The van der Waals surface area contributed by atoms with Crippen LogP contribution in [0.1, 0.15) is 25.7 Å². The van der Waals surface area contributed by atoms with E-state index in [1.165, 1.54) is 48.7 Å². The normalized spacial score (nSPS) is 31.9. The molecule has 3 heteroatoms. The number of hydrogen-bond donors (Lipinski definition) is 1. The van der Waals surface area contributed by atoms with Crippen molar-refractivity contribution in [3.63, 3.8) is 0 Å². The lowest BCUT2D eigenvalue weighted by Crippen LogP contribution is -2.40. The Balaban J connectivity index is 2.02. The van der Waals surface area contributed by atoms with Gasteiger partial charge >= 0.3 is 0 Å². The standard InChI is InChI=1S/C11H21NS2/c12-5-1-10-2-6-14-9-11(10)3-7-13-8-4-11/h10H,1-9,12H2. The van der Waals surface area contributed by atoms with Gasteiger partial charge < -0.3 is 5.73 Å². The van der Waals surface area contributed by atoms with Crippen molar-refractivity contribution in [3.8, 4) is 0 Å². The van der Waals surface area contributed by atoms with E-state index in [1.54, 1.807) is 0 Å². The molecule has 2 fully saturated rings. The van der Waals surface area contributed by atoms with Crippen LogP contribution in [-0.2, 0) is 0 Å². The van der Waals surface area contributed by atoms with Crippen molar-refractivity contribution in [2.24, 2.45) is 17.1 Å². The first kappa shape index (κ1) is 11.2. The van der Waals surface area contributed by atoms with E-state index >= 15 is 0 Å². The molecule has 0 aliphatic carbocycles. The monoisotopic (exact) mass is 231 g/mol. The SMILES string of the molecule is NCCC1CCSCC12CCSCC2. The van der Waals surface area contributed by atoms with E-state index in [0.29, 0.717) is 5.41 Å². The van der Waals surface area contributed by atoms with E-state index in [-0.39, 0.29) is 0 Å². The number of nitrogens with two attached hydrogens (primary N) is 1. The molecule has 2 aliphatic heterocycles. The molecule has 2 heterocycles. The molecule has 1 nitrogen and oxygen atoms in total. The van der Waals surface area contributed by atoms with Gasteiger partial charge in [-0.25, -0.2) is 0 Å². The zero-order valence-corrected chi connectivity index (χ0v) is 10.5. The van der Waals surface area contributed by atoms with Crippen molar-refractivity contribution in [3.05, 3.63) is 0 Å². The highest BCUT2D eigenvalue weighted by atomic mass is 32.2. The van der Waals surface area contributed by atoms with E-state index in [2.05, 4.69) is 23.5 Å². The zero-order chi connectivity index (χ0) is 9.86. The third-order valence-corrected chi connectivity index (χ3v) is 6.16. The largest absolute Gasteiger partial charge is 0.330 e. The summed E-state index contributed by atoms with van der Waals surface area (Å²) in [6.07, 6.45) is 5.60. The molecule has 1 spiro atoms. The molecule has 0 bridgehead atoms. The van der Waals surface area contributed by atoms with Crippen molar-refractivity contribution >= 4 is 23.5 Å². The van der Waals surface area contributed by atoms with Crippen LogP contribution in [0.25, 0.3) is 0 Å². The molecule has 14 heavy (non-hydrogen) atoms. The fourth-order valence-electron chi connectivity index (χ4n) is 2.91. The van der Waals surface area contributed by atoms with Crippen LogP contribution in [-0.4, -0.2) is 29.6 Å². The molecule has 0 amide bonds. The molecule has 1 atom stereocenters. The Hall–Kier alpha value is 0.660. The summed E-state index contributed by atoms with van der Waals surface area (Å²) in [7, 11) is 0. The predicted molar refractivity (Wildman–Crippen MR) is 68.1 cm³/mol. The second kappa shape index (κ2) is 5.13. The van der Waals surface area contributed by atoms with Crippen LogP contribution < -0.4 is 5.73 Å². The summed E-state index contributed by atoms with van der Waals surface area (Å²) in [4.78, 5) is 0. The fraction of sp³-hybridized carbons (Fsp3) is 1.00. The molecule has 82 valence electrons. The predicted octanol–water partition coefficient (Wildman–Crippen LogP) is 2.60. The molecule has 2 rings (SSSR count). The Morgan fingerprint density at radius 1 is 1.14 bits per heavy atom. The van der Waals surface area contributed by atoms with E-state index in [4.69, 9.17) is 5.73 Å². The van der Waals surface area contributed by atoms with Gasteiger partial charge in [0.15, 0.2) is 0 Å². The van der Waals surface area contributed by atoms with Crippen LogP contribution >= 0.6 is 23.5 Å². The number of hydrogen-bond acceptors (Lipinski definition) is 3. The molecule has 2 saturated heterocycles. The molecular formula is C11H21NS2. The van der Waals surface area contributed by atoms with Crippen molar-refractivity contribution in [1.29, 1.82) is 0 Å². The summed E-state index contributed by atoms with van der Waals surface area (Å²) in [5.41, 5.74) is 6.43.